The predicted octanol–water partition coefficient (Wildman–Crippen LogP) is 2.28. The van der Waals surface area contributed by atoms with Crippen LogP contribution in [0.1, 0.15) is 66.7 Å². The second kappa shape index (κ2) is 22.2. The molecule has 0 aliphatic heterocycles. The van der Waals surface area contributed by atoms with Crippen molar-refractivity contribution in [3.63, 3.8) is 0 Å². The van der Waals surface area contributed by atoms with Gasteiger partial charge in [0.1, 0.15) is 0 Å². The van der Waals surface area contributed by atoms with Crippen LogP contribution in [0.5, 0.6) is 0 Å². The SMILES string of the molecule is CC[C@H](CCCCNC(=O)CCOCCOCCOCCOC)NC(=O)C(NC(C)C)C(C)C. The second-order valence-electron chi connectivity index (χ2n) is 9.08. The van der Waals surface area contributed by atoms with Gasteiger partial charge in [0, 0.05) is 32.2 Å². The van der Waals surface area contributed by atoms with E-state index >= 15 is 0 Å². The number of hydrogen-bond donors (Lipinski definition) is 3. The summed E-state index contributed by atoms with van der Waals surface area (Å²) < 4.78 is 21.0. The summed E-state index contributed by atoms with van der Waals surface area (Å²) in [4.78, 5) is 24.6. The highest BCUT2D eigenvalue weighted by Gasteiger charge is 2.24. The van der Waals surface area contributed by atoms with Gasteiger partial charge in [-0.25, -0.2) is 0 Å². The van der Waals surface area contributed by atoms with Crippen molar-refractivity contribution in [1.29, 1.82) is 0 Å². The zero-order valence-electron chi connectivity index (χ0n) is 22.5. The number of amides is 2. The van der Waals surface area contributed by atoms with Crippen LogP contribution in [0.2, 0.25) is 0 Å². The molecule has 0 rings (SSSR count). The van der Waals surface area contributed by atoms with Crippen LogP contribution in [0.25, 0.3) is 0 Å². The molecule has 3 N–H and O–H groups in total. The number of ether oxygens (including phenoxy) is 4. The van der Waals surface area contributed by atoms with Gasteiger partial charge < -0.3 is 34.9 Å². The fraction of sp³-hybridized carbons (Fsp3) is 0.920. The third-order valence-electron chi connectivity index (χ3n) is 5.25. The summed E-state index contributed by atoms with van der Waals surface area (Å²) in [5.41, 5.74) is 0. The Balaban J connectivity index is 3.75. The topological polar surface area (TPSA) is 107 Å². The van der Waals surface area contributed by atoms with Crippen LogP contribution in [-0.2, 0) is 28.5 Å². The molecule has 0 heterocycles. The highest BCUT2D eigenvalue weighted by Crippen LogP contribution is 2.08. The Morgan fingerprint density at radius 2 is 1.41 bits per heavy atom. The van der Waals surface area contributed by atoms with Crippen molar-refractivity contribution in [2.24, 2.45) is 5.92 Å². The molecule has 34 heavy (non-hydrogen) atoms. The molecule has 0 aliphatic carbocycles. The molecule has 0 aromatic carbocycles. The summed E-state index contributed by atoms with van der Waals surface area (Å²) in [5.74, 6) is 0.300. The summed E-state index contributed by atoms with van der Waals surface area (Å²) in [6.07, 6.45) is 3.98. The van der Waals surface area contributed by atoms with Crippen molar-refractivity contribution in [3.05, 3.63) is 0 Å². The minimum Gasteiger partial charge on any atom is -0.382 e. The number of carbonyl (C=O) groups excluding carboxylic acids is 2. The van der Waals surface area contributed by atoms with Gasteiger partial charge in [0.25, 0.3) is 0 Å². The number of nitrogens with one attached hydrogen (secondary N) is 3. The Morgan fingerprint density at radius 3 is 1.94 bits per heavy atom. The van der Waals surface area contributed by atoms with E-state index in [0.717, 1.165) is 25.7 Å². The van der Waals surface area contributed by atoms with Gasteiger partial charge in [0.15, 0.2) is 0 Å². The molecule has 0 aliphatic rings. The summed E-state index contributed by atoms with van der Waals surface area (Å²) >= 11 is 0. The van der Waals surface area contributed by atoms with Gasteiger partial charge in [0.05, 0.1) is 52.3 Å². The molecule has 9 heteroatoms. The lowest BCUT2D eigenvalue weighted by Crippen LogP contribution is -2.52. The van der Waals surface area contributed by atoms with E-state index in [4.69, 9.17) is 18.9 Å². The molecule has 0 spiro atoms. The van der Waals surface area contributed by atoms with Gasteiger partial charge in [-0.2, -0.15) is 0 Å². The van der Waals surface area contributed by atoms with Crippen molar-refractivity contribution in [2.45, 2.75) is 84.8 Å². The monoisotopic (exact) mass is 489 g/mol. The molecule has 2 atom stereocenters. The fourth-order valence-corrected chi connectivity index (χ4v) is 3.28. The minimum absolute atomic E-state index is 0.00709. The van der Waals surface area contributed by atoms with E-state index < -0.39 is 0 Å². The van der Waals surface area contributed by atoms with Crippen molar-refractivity contribution in [3.8, 4) is 0 Å². The summed E-state index contributed by atoms with van der Waals surface area (Å²) in [7, 11) is 1.64. The zero-order chi connectivity index (χ0) is 25.6. The van der Waals surface area contributed by atoms with Gasteiger partial charge in [-0.1, -0.05) is 34.6 Å². The molecule has 2 amide bonds. The smallest absolute Gasteiger partial charge is 0.237 e. The standard InChI is InChI=1S/C25H51N3O6/c1-7-22(28-25(30)24(20(2)3)27-21(4)5)10-8-9-12-26-23(29)11-13-32-16-17-34-19-18-33-15-14-31-6/h20-22,24,27H,7-19H2,1-6H3,(H,26,29)(H,28,30)/t22-,24?/m1/s1. The first kappa shape index (κ1) is 32.7. The molecule has 0 aromatic heterocycles. The van der Waals surface area contributed by atoms with Gasteiger partial charge in [-0.3, -0.25) is 9.59 Å². The average molecular weight is 490 g/mol. The third kappa shape index (κ3) is 19.1. The van der Waals surface area contributed by atoms with E-state index in [1.165, 1.54) is 0 Å². The molecule has 0 bridgehead atoms. The molecule has 0 saturated heterocycles. The first-order chi connectivity index (χ1) is 16.3. The number of carbonyl (C=O) groups is 2. The Kier molecular flexibility index (Phi) is 21.4. The average Bonchev–Trinajstić information content (AvgIpc) is 2.79. The maximum atomic E-state index is 12.7. The Morgan fingerprint density at radius 1 is 0.824 bits per heavy atom. The van der Waals surface area contributed by atoms with Gasteiger partial charge >= 0.3 is 0 Å². The van der Waals surface area contributed by atoms with Crippen LogP contribution in [0.3, 0.4) is 0 Å². The second-order valence-corrected chi connectivity index (χ2v) is 9.08. The predicted molar refractivity (Wildman–Crippen MR) is 135 cm³/mol. The van der Waals surface area contributed by atoms with Gasteiger partial charge in [0.2, 0.25) is 11.8 Å². The van der Waals surface area contributed by atoms with Crippen LogP contribution >= 0.6 is 0 Å². The normalized spacial score (nSPS) is 13.3. The highest BCUT2D eigenvalue weighted by atomic mass is 16.6. The van der Waals surface area contributed by atoms with E-state index in [9.17, 15) is 9.59 Å². The van der Waals surface area contributed by atoms with Crippen LogP contribution in [0.15, 0.2) is 0 Å². The van der Waals surface area contributed by atoms with E-state index in [0.29, 0.717) is 59.2 Å². The molecule has 0 aromatic rings. The lowest BCUT2D eigenvalue weighted by molar-refractivity contribution is -0.125. The number of hydrogen-bond acceptors (Lipinski definition) is 7. The van der Waals surface area contributed by atoms with E-state index in [1.54, 1.807) is 7.11 Å². The highest BCUT2D eigenvalue weighted by molar-refractivity contribution is 5.82. The third-order valence-corrected chi connectivity index (χ3v) is 5.25. The van der Waals surface area contributed by atoms with Crippen LogP contribution in [0.4, 0.5) is 0 Å². The summed E-state index contributed by atoms with van der Waals surface area (Å²) in [6, 6.07) is 0.241. The maximum absolute atomic E-state index is 12.7. The molecule has 0 radical (unpaired) electrons. The van der Waals surface area contributed by atoms with Crippen molar-refractivity contribution < 1.29 is 28.5 Å². The maximum Gasteiger partial charge on any atom is 0.237 e. The first-order valence-corrected chi connectivity index (χ1v) is 12.9. The lowest BCUT2D eigenvalue weighted by atomic mass is 10.0. The number of unbranched alkanes of at least 4 members (excludes halogenated alkanes) is 1. The minimum atomic E-state index is -0.178. The Hall–Kier alpha value is -1.26. The van der Waals surface area contributed by atoms with Gasteiger partial charge in [-0.15, -0.1) is 0 Å². The quantitative estimate of drug-likeness (QED) is 0.189. The van der Waals surface area contributed by atoms with E-state index in [-0.39, 0.29) is 35.9 Å². The van der Waals surface area contributed by atoms with Crippen LogP contribution in [-0.4, -0.2) is 89.8 Å². The molecular formula is C25H51N3O6. The molecule has 1 unspecified atom stereocenters. The van der Waals surface area contributed by atoms with Crippen molar-refractivity contribution in [1.82, 2.24) is 16.0 Å². The largest absolute Gasteiger partial charge is 0.382 e. The molecular weight excluding hydrogens is 438 g/mol. The van der Waals surface area contributed by atoms with Crippen molar-refractivity contribution in [2.75, 3.05) is 59.9 Å². The molecule has 0 fully saturated rings. The van der Waals surface area contributed by atoms with Crippen LogP contribution < -0.4 is 16.0 Å². The molecule has 9 nitrogen and oxygen atoms in total. The molecule has 202 valence electrons. The van der Waals surface area contributed by atoms with E-state index in [1.807, 2.05) is 0 Å². The van der Waals surface area contributed by atoms with Crippen LogP contribution in [0, 0.1) is 5.92 Å². The Labute approximate surface area is 207 Å². The Bertz CT molecular complexity index is 505. The fourth-order valence-electron chi connectivity index (χ4n) is 3.28. The van der Waals surface area contributed by atoms with E-state index in [2.05, 4.69) is 50.6 Å². The van der Waals surface area contributed by atoms with Gasteiger partial charge in [-0.05, 0) is 31.6 Å². The summed E-state index contributed by atoms with van der Waals surface area (Å²) in [5, 5.41) is 9.47. The summed E-state index contributed by atoms with van der Waals surface area (Å²) in [6.45, 7) is 14.5. The molecule has 0 saturated carbocycles. The number of methoxy groups -OCH3 is 1. The first-order valence-electron chi connectivity index (χ1n) is 12.9. The number of rotatable bonds is 23. The van der Waals surface area contributed by atoms with Crippen molar-refractivity contribution >= 4 is 11.8 Å². The lowest BCUT2D eigenvalue weighted by Gasteiger charge is -2.26. The zero-order valence-corrected chi connectivity index (χ0v) is 22.5.